The quantitative estimate of drug-likeness (QED) is 0.780. The van der Waals surface area contributed by atoms with Crippen LogP contribution in [0.1, 0.15) is 32.6 Å². The maximum Gasteiger partial charge on any atom is 0.220 e. The van der Waals surface area contributed by atoms with Crippen LogP contribution in [0.4, 0.5) is 0 Å². The van der Waals surface area contributed by atoms with Crippen LogP contribution in [0.5, 0.6) is 0 Å². The molecule has 5 heteroatoms. The SMILES string of the molecule is CC1CCC(CCC(=O)NCC2CNC2)O1.Cl. The molecule has 2 heterocycles. The smallest absolute Gasteiger partial charge is 0.220 e. The number of amides is 1. The second-order valence-electron chi connectivity index (χ2n) is 5.01. The molecular weight excluding hydrogens is 240 g/mol. The van der Waals surface area contributed by atoms with Crippen LogP contribution in [-0.2, 0) is 9.53 Å². The Morgan fingerprint density at radius 1 is 1.41 bits per heavy atom. The molecule has 2 atom stereocenters. The number of halogens is 1. The molecule has 0 aliphatic carbocycles. The van der Waals surface area contributed by atoms with Crippen molar-refractivity contribution in [3.8, 4) is 0 Å². The molecule has 0 aromatic carbocycles. The van der Waals surface area contributed by atoms with E-state index in [1.807, 2.05) is 0 Å². The zero-order valence-electron chi connectivity index (χ0n) is 10.4. The van der Waals surface area contributed by atoms with Gasteiger partial charge in [0.1, 0.15) is 0 Å². The maximum atomic E-state index is 11.5. The first-order valence-electron chi connectivity index (χ1n) is 6.37. The zero-order valence-corrected chi connectivity index (χ0v) is 11.2. The summed E-state index contributed by atoms with van der Waals surface area (Å²) in [5.41, 5.74) is 0. The highest BCUT2D eigenvalue weighted by molar-refractivity contribution is 5.85. The van der Waals surface area contributed by atoms with E-state index in [9.17, 15) is 4.79 Å². The van der Waals surface area contributed by atoms with Gasteiger partial charge in [0.15, 0.2) is 0 Å². The Labute approximate surface area is 109 Å². The Hall–Kier alpha value is -0.320. The summed E-state index contributed by atoms with van der Waals surface area (Å²) in [6.07, 6.45) is 4.43. The predicted molar refractivity (Wildman–Crippen MR) is 69.4 cm³/mol. The number of rotatable bonds is 5. The highest BCUT2D eigenvalue weighted by Gasteiger charge is 2.22. The zero-order chi connectivity index (χ0) is 11.4. The fourth-order valence-electron chi connectivity index (χ4n) is 2.23. The highest BCUT2D eigenvalue weighted by atomic mass is 35.5. The van der Waals surface area contributed by atoms with E-state index in [1.54, 1.807) is 0 Å². The van der Waals surface area contributed by atoms with Gasteiger partial charge in [0.2, 0.25) is 5.91 Å². The summed E-state index contributed by atoms with van der Waals surface area (Å²) in [7, 11) is 0. The summed E-state index contributed by atoms with van der Waals surface area (Å²) in [6, 6.07) is 0. The molecule has 2 aliphatic rings. The first kappa shape index (κ1) is 14.7. The minimum absolute atomic E-state index is 0. The van der Waals surface area contributed by atoms with Crippen molar-refractivity contribution >= 4 is 18.3 Å². The lowest BCUT2D eigenvalue weighted by atomic mass is 10.0. The Morgan fingerprint density at radius 3 is 2.71 bits per heavy atom. The van der Waals surface area contributed by atoms with Crippen molar-refractivity contribution < 1.29 is 9.53 Å². The van der Waals surface area contributed by atoms with E-state index in [2.05, 4.69) is 17.6 Å². The summed E-state index contributed by atoms with van der Waals surface area (Å²) < 4.78 is 5.68. The monoisotopic (exact) mass is 262 g/mol. The van der Waals surface area contributed by atoms with Gasteiger partial charge in [-0.2, -0.15) is 0 Å². The topological polar surface area (TPSA) is 50.4 Å². The van der Waals surface area contributed by atoms with Crippen molar-refractivity contribution in [1.29, 1.82) is 0 Å². The van der Waals surface area contributed by atoms with Gasteiger partial charge in [-0.1, -0.05) is 0 Å². The van der Waals surface area contributed by atoms with Crippen LogP contribution in [0.3, 0.4) is 0 Å². The van der Waals surface area contributed by atoms with E-state index in [0.717, 1.165) is 38.9 Å². The molecule has 1 amide bonds. The van der Waals surface area contributed by atoms with Gasteiger partial charge >= 0.3 is 0 Å². The maximum absolute atomic E-state index is 11.5. The largest absolute Gasteiger partial charge is 0.375 e. The molecule has 0 aromatic heterocycles. The van der Waals surface area contributed by atoms with Gasteiger partial charge in [0.05, 0.1) is 12.2 Å². The molecule has 4 nitrogen and oxygen atoms in total. The van der Waals surface area contributed by atoms with E-state index in [-0.39, 0.29) is 18.3 Å². The van der Waals surface area contributed by atoms with Crippen LogP contribution in [0.2, 0.25) is 0 Å². The van der Waals surface area contributed by atoms with E-state index in [1.165, 1.54) is 0 Å². The number of carbonyl (C=O) groups is 1. The van der Waals surface area contributed by atoms with Gasteiger partial charge in [-0.15, -0.1) is 12.4 Å². The lowest BCUT2D eigenvalue weighted by molar-refractivity contribution is -0.122. The fraction of sp³-hybridized carbons (Fsp3) is 0.917. The first-order valence-corrected chi connectivity index (χ1v) is 6.37. The Morgan fingerprint density at radius 2 is 2.18 bits per heavy atom. The summed E-state index contributed by atoms with van der Waals surface area (Å²) in [5.74, 6) is 0.821. The third-order valence-corrected chi connectivity index (χ3v) is 3.47. The van der Waals surface area contributed by atoms with Crippen molar-refractivity contribution in [2.45, 2.75) is 44.8 Å². The van der Waals surface area contributed by atoms with E-state index in [0.29, 0.717) is 24.5 Å². The van der Waals surface area contributed by atoms with E-state index < -0.39 is 0 Å². The van der Waals surface area contributed by atoms with Crippen LogP contribution >= 0.6 is 12.4 Å². The normalized spacial score (nSPS) is 28.3. The average Bonchev–Trinajstić information content (AvgIpc) is 2.59. The lowest BCUT2D eigenvalue weighted by Crippen LogP contribution is -2.48. The van der Waals surface area contributed by atoms with E-state index in [4.69, 9.17) is 4.74 Å². The second-order valence-corrected chi connectivity index (χ2v) is 5.01. The molecular formula is C12H23ClN2O2. The van der Waals surface area contributed by atoms with Crippen LogP contribution in [0.25, 0.3) is 0 Å². The third kappa shape index (κ3) is 4.82. The molecule has 2 unspecified atom stereocenters. The molecule has 2 N–H and O–H groups in total. The van der Waals surface area contributed by atoms with Crippen molar-refractivity contribution in [2.24, 2.45) is 5.92 Å². The molecule has 0 spiro atoms. The minimum atomic E-state index is 0. The molecule has 0 bridgehead atoms. The van der Waals surface area contributed by atoms with E-state index >= 15 is 0 Å². The third-order valence-electron chi connectivity index (χ3n) is 3.47. The summed E-state index contributed by atoms with van der Waals surface area (Å²) >= 11 is 0. The number of ether oxygens (including phenoxy) is 1. The molecule has 0 saturated carbocycles. The molecule has 2 rings (SSSR count). The van der Waals surface area contributed by atoms with Crippen molar-refractivity contribution in [3.05, 3.63) is 0 Å². The van der Waals surface area contributed by atoms with Crippen molar-refractivity contribution in [3.63, 3.8) is 0 Å². The molecule has 2 fully saturated rings. The Balaban J connectivity index is 0.00000144. The fourth-order valence-corrected chi connectivity index (χ4v) is 2.23. The van der Waals surface area contributed by atoms with Gasteiger partial charge in [-0.3, -0.25) is 4.79 Å². The predicted octanol–water partition coefficient (Wildman–Crippen LogP) is 1.09. The highest BCUT2D eigenvalue weighted by Crippen LogP contribution is 2.22. The lowest BCUT2D eigenvalue weighted by Gasteiger charge is -2.27. The summed E-state index contributed by atoms with van der Waals surface area (Å²) in [6.45, 7) is 5.02. The number of hydrogen-bond acceptors (Lipinski definition) is 3. The molecule has 0 radical (unpaired) electrons. The average molecular weight is 263 g/mol. The van der Waals surface area contributed by atoms with Crippen molar-refractivity contribution in [1.82, 2.24) is 10.6 Å². The number of carbonyl (C=O) groups excluding carboxylic acids is 1. The number of hydrogen-bond donors (Lipinski definition) is 2. The standard InChI is InChI=1S/C12H22N2O2.ClH/c1-9-2-3-11(16-9)4-5-12(15)14-8-10-6-13-7-10;/h9-11,13H,2-8H2,1H3,(H,14,15);1H. The van der Waals surface area contributed by atoms with Crippen LogP contribution in [-0.4, -0.2) is 37.7 Å². The molecule has 2 aliphatic heterocycles. The van der Waals surface area contributed by atoms with Gasteiger partial charge in [-0.05, 0) is 26.2 Å². The van der Waals surface area contributed by atoms with Gasteiger partial charge in [-0.25, -0.2) is 0 Å². The summed E-state index contributed by atoms with van der Waals surface area (Å²) in [4.78, 5) is 11.5. The van der Waals surface area contributed by atoms with Crippen LogP contribution < -0.4 is 10.6 Å². The molecule has 100 valence electrons. The van der Waals surface area contributed by atoms with Gasteiger partial charge in [0, 0.05) is 32.0 Å². The minimum Gasteiger partial charge on any atom is -0.375 e. The van der Waals surface area contributed by atoms with Gasteiger partial charge < -0.3 is 15.4 Å². The molecule has 17 heavy (non-hydrogen) atoms. The van der Waals surface area contributed by atoms with Crippen LogP contribution in [0.15, 0.2) is 0 Å². The Bertz CT molecular complexity index is 247. The molecule has 2 saturated heterocycles. The van der Waals surface area contributed by atoms with Crippen molar-refractivity contribution in [2.75, 3.05) is 19.6 Å². The second kappa shape index (κ2) is 7.19. The van der Waals surface area contributed by atoms with Gasteiger partial charge in [0.25, 0.3) is 0 Å². The Kier molecular flexibility index (Phi) is 6.23. The summed E-state index contributed by atoms with van der Waals surface area (Å²) in [5, 5.41) is 6.18. The first-order chi connectivity index (χ1) is 7.74. The van der Waals surface area contributed by atoms with Crippen LogP contribution in [0, 0.1) is 5.92 Å². The number of nitrogens with one attached hydrogen (secondary N) is 2. The molecule has 0 aromatic rings.